The number of hydrogen-bond donors (Lipinski definition) is 1. The third-order valence-electron chi connectivity index (χ3n) is 8.10. The molecule has 44 heavy (non-hydrogen) atoms. The summed E-state index contributed by atoms with van der Waals surface area (Å²) < 4.78 is 36.4. The van der Waals surface area contributed by atoms with E-state index in [1.165, 1.54) is 53.0 Å². The van der Waals surface area contributed by atoms with Crippen molar-refractivity contribution in [2.45, 2.75) is 48.4 Å². The van der Waals surface area contributed by atoms with Crippen LogP contribution in [0.3, 0.4) is 0 Å². The van der Waals surface area contributed by atoms with Gasteiger partial charge in [0.25, 0.3) is 5.91 Å². The molecule has 2 saturated heterocycles. The highest BCUT2D eigenvalue weighted by molar-refractivity contribution is 9.10. The van der Waals surface area contributed by atoms with Gasteiger partial charge in [-0.1, -0.05) is 39.7 Å². The van der Waals surface area contributed by atoms with Gasteiger partial charge in [-0.05, 0) is 60.9 Å². The molecule has 6 rings (SSSR count). The maximum absolute atomic E-state index is 14.5. The Labute approximate surface area is 268 Å². The molecule has 1 aromatic heterocycles. The van der Waals surface area contributed by atoms with E-state index in [1.807, 2.05) is 24.3 Å². The molecule has 0 radical (unpaired) electrons. The van der Waals surface area contributed by atoms with Crippen LogP contribution in [0.2, 0.25) is 5.02 Å². The molecule has 230 valence electrons. The van der Waals surface area contributed by atoms with Crippen molar-refractivity contribution < 1.29 is 27.5 Å². The average Bonchev–Trinajstić information content (AvgIpc) is 3.86. The van der Waals surface area contributed by atoms with Crippen LogP contribution in [0.4, 0.5) is 0 Å². The number of carbonyl (C=O) groups excluding carboxylic acids is 3. The molecule has 1 N–H and O–H groups in total. The van der Waals surface area contributed by atoms with Gasteiger partial charge in [-0.25, -0.2) is 8.42 Å². The van der Waals surface area contributed by atoms with Crippen LogP contribution in [0.15, 0.2) is 76.4 Å². The van der Waals surface area contributed by atoms with Gasteiger partial charge < -0.3 is 19.9 Å². The molecule has 3 aliphatic rings. The lowest BCUT2D eigenvalue weighted by Gasteiger charge is -2.53. The van der Waals surface area contributed by atoms with Gasteiger partial charge in [0.05, 0.1) is 19.2 Å². The molecule has 1 aliphatic carbocycles. The Bertz CT molecular complexity index is 1710. The topological polar surface area (TPSA) is 129 Å². The van der Waals surface area contributed by atoms with E-state index in [9.17, 15) is 22.8 Å². The molecule has 3 unspecified atom stereocenters. The summed E-state index contributed by atoms with van der Waals surface area (Å²) in [4.78, 5) is 48.3. The highest BCUT2D eigenvalue weighted by Crippen LogP contribution is 2.38. The van der Waals surface area contributed by atoms with E-state index in [0.717, 1.165) is 22.9 Å². The minimum absolute atomic E-state index is 0.00252. The molecule has 3 heterocycles. The first-order chi connectivity index (χ1) is 21.1. The van der Waals surface area contributed by atoms with Gasteiger partial charge >= 0.3 is 0 Å². The number of amides is 3. The van der Waals surface area contributed by atoms with Gasteiger partial charge in [-0.15, -0.1) is 0 Å². The fourth-order valence-corrected chi connectivity index (χ4v) is 8.06. The Kier molecular flexibility index (Phi) is 8.40. The molecule has 2 aromatic carbocycles. The number of nitrogens with one attached hydrogen (secondary N) is 1. The maximum Gasteiger partial charge on any atom is 0.253 e. The third kappa shape index (κ3) is 5.81. The summed E-state index contributed by atoms with van der Waals surface area (Å²) in [5.74, 6) is -1.31. The Morgan fingerprint density at radius 1 is 1.09 bits per heavy atom. The van der Waals surface area contributed by atoms with Gasteiger partial charge in [0.15, 0.2) is 0 Å². The standard InChI is InChI=1S/C30H29BrClN5O6S/c1-43-25-11-8-21(32)14-26(25)44(41,42)36-16-23(34-28(38)19-3-2-12-33-15-19)29(39)37-24(13-18-4-6-20(31)7-5-18)30(40)35(17-27(36)37)22-9-10-22/h2-8,11-12,14-15,22-24,27H,9-10,13,16-17H2,1H3,(H,34,38). The molecular formula is C30H29BrClN5O6S. The summed E-state index contributed by atoms with van der Waals surface area (Å²) in [6, 6.07) is 12.5. The monoisotopic (exact) mass is 701 g/mol. The second kappa shape index (κ2) is 12.1. The summed E-state index contributed by atoms with van der Waals surface area (Å²) in [7, 11) is -3.03. The van der Waals surface area contributed by atoms with Crippen molar-refractivity contribution in [3.63, 3.8) is 0 Å². The molecule has 3 atom stereocenters. The van der Waals surface area contributed by atoms with Crippen LogP contribution in [0.1, 0.15) is 28.8 Å². The smallest absolute Gasteiger partial charge is 0.253 e. The van der Waals surface area contributed by atoms with E-state index in [0.29, 0.717) is 0 Å². The third-order valence-corrected chi connectivity index (χ3v) is 10.8. The number of halogens is 2. The van der Waals surface area contributed by atoms with Crippen LogP contribution in [0, 0.1) is 0 Å². The molecule has 3 amide bonds. The zero-order valence-electron chi connectivity index (χ0n) is 23.6. The van der Waals surface area contributed by atoms with Gasteiger partial charge in [-0.2, -0.15) is 4.31 Å². The first-order valence-corrected chi connectivity index (χ1v) is 16.6. The first kappa shape index (κ1) is 30.5. The molecule has 11 nitrogen and oxygen atoms in total. The van der Waals surface area contributed by atoms with E-state index in [2.05, 4.69) is 26.2 Å². The molecule has 0 bridgehead atoms. The number of ether oxygens (including phenoxy) is 1. The zero-order chi connectivity index (χ0) is 31.2. The van der Waals surface area contributed by atoms with E-state index in [-0.39, 0.29) is 52.7 Å². The Morgan fingerprint density at radius 3 is 2.50 bits per heavy atom. The average molecular weight is 703 g/mol. The minimum Gasteiger partial charge on any atom is -0.495 e. The number of methoxy groups -OCH3 is 1. The fraction of sp³-hybridized carbons (Fsp3) is 0.333. The number of sulfonamides is 1. The number of rotatable bonds is 8. The highest BCUT2D eigenvalue weighted by atomic mass is 79.9. The molecule has 0 spiro atoms. The number of piperazine rings is 1. The van der Waals surface area contributed by atoms with E-state index < -0.39 is 40.1 Å². The van der Waals surface area contributed by atoms with Crippen LogP contribution in [-0.2, 0) is 26.0 Å². The number of hydrogen-bond acceptors (Lipinski definition) is 7. The normalized spacial score (nSPS) is 22.5. The molecule has 1 saturated carbocycles. The number of aromatic nitrogens is 1. The van der Waals surface area contributed by atoms with E-state index >= 15 is 0 Å². The quantitative estimate of drug-likeness (QED) is 0.382. The largest absolute Gasteiger partial charge is 0.495 e. The van der Waals surface area contributed by atoms with Crippen LogP contribution < -0.4 is 10.1 Å². The van der Waals surface area contributed by atoms with Crippen LogP contribution in [0.5, 0.6) is 5.75 Å². The van der Waals surface area contributed by atoms with Gasteiger partial charge in [0, 0.05) is 40.9 Å². The highest BCUT2D eigenvalue weighted by Gasteiger charge is 2.56. The summed E-state index contributed by atoms with van der Waals surface area (Å²) >= 11 is 9.66. The number of carbonyl (C=O) groups is 3. The van der Waals surface area contributed by atoms with Crippen molar-refractivity contribution in [1.82, 2.24) is 24.4 Å². The van der Waals surface area contributed by atoms with Gasteiger partial charge in [-0.3, -0.25) is 19.4 Å². The van der Waals surface area contributed by atoms with Gasteiger partial charge in [0.2, 0.25) is 21.8 Å². The van der Waals surface area contributed by atoms with Crippen molar-refractivity contribution in [3.8, 4) is 5.75 Å². The lowest BCUT2D eigenvalue weighted by molar-refractivity contribution is -0.167. The summed E-state index contributed by atoms with van der Waals surface area (Å²) in [6.45, 7) is -0.362. The molecule has 3 fully saturated rings. The fourth-order valence-electron chi connectivity index (χ4n) is 5.79. The predicted molar refractivity (Wildman–Crippen MR) is 164 cm³/mol. The number of fused-ring (bicyclic) bond motifs is 1. The Balaban J connectivity index is 1.45. The van der Waals surface area contributed by atoms with Gasteiger partial charge in [0.1, 0.15) is 28.9 Å². The molecule has 2 aliphatic heterocycles. The number of pyridine rings is 1. The van der Waals surface area contributed by atoms with Crippen molar-refractivity contribution in [3.05, 3.63) is 87.6 Å². The second-order valence-corrected chi connectivity index (χ2v) is 14.1. The predicted octanol–water partition coefficient (Wildman–Crippen LogP) is 3.08. The van der Waals surface area contributed by atoms with Crippen molar-refractivity contribution in [2.75, 3.05) is 20.2 Å². The summed E-state index contributed by atoms with van der Waals surface area (Å²) in [5.41, 5.74) is 0.998. The maximum atomic E-state index is 14.5. The lowest BCUT2D eigenvalue weighted by atomic mass is 9.97. The SMILES string of the molecule is COc1ccc(Cl)cc1S(=O)(=O)N1CC(NC(=O)c2cccnc2)C(=O)N2C(Cc3ccc(Br)cc3)C(=O)N(C3CC3)CC21. The van der Waals surface area contributed by atoms with E-state index in [1.54, 1.807) is 11.0 Å². The van der Waals surface area contributed by atoms with Crippen molar-refractivity contribution >= 4 is 55.3 Å². The van der Waals surface area contributed by atoms with Crippen LogP contribution >= 0.6 is 27.5 Å². The first-order valence-electron chi connectivity index (χ1n) is 14.0. The van der Waals surface area contributed by atoms with Crippen LogP contribution in [0.25, 0.3) is 0 Å². The number of nitrogens with zero attached hydrogens (tertiary/aromatic N) is 4. The molecule has 3 aromatic rings. The van der Waals surface area contributed by atoms with Crippen molar-refractivity contribution in [2.24, 2.45) is 0 Å². The second-order valence-electron chi connectivity index (χ2n) is 10.9. The van der Waals surface area contributed by atoms with E-state index in [4.69, 9.17) is 16.3 Å². The lowest BCUT2D eigenvalue weighted by Crippen LogP contribution is -2.76. The Morgan fingerprint density at radius 2 is 1.84 bits per heavy atom. The summed E-state index contributed by atoms with van der Waals surface area (Å²) in [5, 5.41) is 2.88. The summed E-state index contributed by atoms with van der Waals surface area (Å²) in [6.07, 6.45) is 3.60. The molecule has 14 heteroatoms. The minimum atomic E-state index is -4.38. The molecular weight excluding hydrogens is 674 g/mol. The van der Waals surface area contributed by atoms with Crippen LogP contribution in [-0.4, -0.2) is 89.7 Å². The zero-order valence-corrected chi connectivity index (χ0v) is 26.8. The Hall–Kier alpha value is -3.52. The number of benzene rings is 2. The van der Waals surface area contributed by atoms with Crippen molar-refractivity contribution in [1.29, 1.82) is 0 Å².